The molecule has 0 bridgehead atoms. The van der Waals surface area contributed by atoms with E-state index in [2.05, 4.69) is 12.2 Å². The summed E-state index contributed by atoms with van der Waals surface area (Å²) in [5, 5.41) is 2.97. The number of thioether (sulfide) groups is 1. The summed E-state index contributed by atoms with van der Waals surface area (Å²) in [6, 6.07) is 7.95. The lowest BCUT2D eigenvalue weighted by Gasteiger charge is -2.30. The van der Waals surface area contributed by atoms with E-state index in [0.717, 1.165) is 24.3 Å². The van der Waals surface area contributed by atoms with Gasteiger partial charge in [0.25, 0.3) is 0 Å². The number of nitrogens with one attached hydrogen (secondary N) is 1. The van der Waals surface area contributed by atoms with Crippen LogP contribution in [-0.2, 0) is 9.59 Å². The van der Waals surface area contributed by atoms with Crippen molar-refractivity contribution in [2.45, 2.75) is 31.6 Å². The van der Waals surface area contributed by atoms with E-state index in [1.54, 1.807) is 23.6 Å². The lowest BCUT2D eigenvalue weighted by molar-refractivity contribution is -0.132. The molecule has 1 aliphatic rings. The lowest BCUT2D eigenvalue weighted by Crippen LogP contribution is -2.40. The molecule has 0 radical (unpaired) electrons. The summed E-state index contributed by atoms with van der Waals surface area (Å²) in [5.41, 5.74) is 0.842. The first-order valence-corrected chi connectivity index (χ1v) is 8.38. The van der Waals surface area contributed by atoms with Crippen molar-refractivity contribution in [1.29, 1.82) is 0 Å². The number of piperidine rings is 1. The molecule has 5 heteroatoms. The zero-order chi connectivity index (χ0) is 15.2. The van der Waals surface area contributed by atoms with Crippen LogP contribution in [0.3, 0.4) is 0 Å². The zero-order valence-electron chi connectivity index (χ0n) is 12.6. The molecule has 1 aromatic rings. The normalized spacial score (nSPS) is 15.8. The van der Waals surface area contributed by atoms with Crippen LogP contribution in [0.5, 0.6) is 0 Å². The second-order valence-electron chi connectivity index (χ2n) is 5.23. The van der Waals surface area contributed by atoms with Crippen molar-refractivity contribution < 1.29 is 9.59 Å². The van der Waals surface area contributed by atoms with Crippen molar-refractivity contribution in [2.75, 3.05) is 24.2 Å². The summed E-state index contributed by atoms with van der Waals surface area (Å²) in [6.45, 7) is 5.06. The first-order valence-electron chi connectivity index (χ1n) is 7.39. The highest BCUT2D eigenvalue weighted by atomic mass is 32.2. The van der Waals surface area contributed by atoms with Gasteiger partial charge in [0.2, 0.25) is 11.8 Å². The maximum absolute atomic E-state index is 12.2. The molecule has 2 amide bonds. The Morgan fingerprint density at radius 1 is 1.24 bits per heavy atom. The number of carbonyl (C=O) groups excluding carboxylic acids is 2. The van der Waals surface area contributed by atoms with Gasteiger partial charge in [0.1, 0.15) is 0 Å². The van der Waals surface area contributed by atoms with Gasteiger partial charge >= 0.3 is 0 Å². The standard InChI is InChI=1S/C16H22N2O2S/c1-3-21-15-6-4-14(5-7-15)17-16(20)13-8-10-18(11-9-13)12(2)19/h4-7,13H,3,8-11H2,1-2H3,(H,17,20). The Hall–Kier alpha value is -1.49. The van der Waals surface area contributed by atoms with Crippen LogP contribution in [0.2, 0.25) is 0 Å². The number of hydrogen-bond acceptors (Lipinski definition) is 3. The molecule has 0 spiro atoms. The van der Waals surface area contributed by atoms with Crippen molar-refractivity contribution >= 4 is 29.3 Å². The summed E-state index contributed by atoms with van der Waals surface area (Å²) >= 11 is 1.78. The average molecular weight is 306 g/mol. The molecule has 1 fully saturated rings. The van der Waals surface area contributed by atoms with E-state index in [1.165, 1.54) is 4.90 Å². The van der Waals surface area contributed by atoms with Gasteiger partial charge in [0.05, 0.1) is 0 Å². The predicted molar refractivity (Wildman–Crippen MR) is 86.4 cm³/mol. The van der Waals surface area contributed by atoms with E-state index in [-0.39, 0.29) is 17.7 Å². The maximum atomic E-state index is 12.2. The summed E-state index contributed by atoms with van der Waals surface area (Å²) in [7, 11) is 0. The number of benzene rings is 1. The number of carbonyl (C=O) groups is 2. The molecule has 0 unspecified atom stereocenters. The minimum atomic E-state index is 0.00490. The Labute approximate surface area is 130 Å². The molecule has 1 aromatic carbocycles. The van der Waals surface area contributed by atoms with Crippen LogP contribution in [0.4, 0.5) is 5.69 Å². The monoisotopic (exact) mass is 306 g/mol. The molecule has 2 rings (SSSR count). The minimum Gasteiger partial charge on any atom is -0.343 e. The molecule has 1 N–H and O–H groups in total. The lowest BCUT2D eigenvalue weighted by atomic mass is 9.96. The third kappa shape index (κ3) is 4.49. The number of hydrogen-bond donors (Lipinski definition) is 1. The van der Waals surface area contributed by atoms with Crippen LogP contribution in [0.15, 0.2) is 29.2 Å². The number of likely N-dealkylation sites (tertiary alicyclic amines) is 1. The SMILES string of the molecule is CCSc1ccc(NC(=O)C2CCN(C(C)=O)CC2)cc1. The van der Waals surface area contributed by atoms with E-state index in [4.69, 9.17) is 0 Å². The van der Waals surface area contributed by atoms with Gasteiger partial charge in [-0.3, -0.25) is 9.59 Å². The second kappa shape index (κ2) is 7.50. The average Bonchev–Trinajstić information content (AvgIpc) is 2.49. The second-order valence-corrected chi connectivity index (χ2v) is 6.56. The van der Waals surface area contributed by atoms with Crippen LogP contribution in [-0.4, -0.2) is 35.6 Å². The van der Waals surface area contributed by atoms with Gasteiger partial charge in [-0.1, -0.05) is 6.92 Å². The van der Waals surface area contributed by atoms with Gasteiger partial charge in [-0.15, -0.1) is 11.8 Å². The van der Waals surface area contributed by atoms with E-state index in [0.29, 0.717) is 13.1 Å². The molecule has 1 aliphatic heterocycles. The minimum absolute atomic E-state index is 0.00490. The summed E-state index contributed by atoms with van der Waals surface area (Å²) < 4.78 is 0. The quantitative estimate of drug-likeness (QED) is 0.870. The van der Waals surface area contributed by atoms with Gasteiger partial charge in [-0.25, -0.2) is 0 Å². The highest BCUT2D eigenvalue weighted by Crippen LogP contribution is 2.22. The molecule has 114 valence electrons. The van der Waals surface area contributed by atoms with Gasteiger partial charge in [-0.05, 0) is 42.9 Å². The summed E-state index contributed by atoms with van der Waals surface area (Å²) in [5.74, 6) is 1.21. The first kappa shape index (κ1) is 15.9. The summed E-state index contributed by atoms with van der Waals surface area (Å²) in [6.07, 6.45) is 1.49. The number of anilines is 1. The molecular formula is C16H22N2O2S. The third-order valence-electron chi connectivity index (χ3n) is 3.74. The zero-order valence-corrected chi connectivity index (χ0v) is 13.4. The van der Waals surface area contributed by atoms with Crippen LogP contribution < -0.4 is 5.32 Å². The summed E-state index contributed by atoms with van der Waals surface area (Å²) in [4.78, 5) is 26.5. The molecular weight excluding hydrogens is 284 g/mol. The fourth-order valence-corrected chi connectivity index (χ4v) is 3.16. The predicted octanol–water partition coefficient (Wildman–Crippen LogP) is 3.00. The molecule has 0 aromatic heterocycles. The van der Waals surface area contributed by atoms with Crippen molar-refractivity contribution in [3.05, 3.63) is 24.3 Å². The van der Waals surface area contributed by atoms with Gasteiger partial charge in [0, 0.05) is 36.5 Å². The molecule has 1 saturated heterocycles. The van der Waals surface area contributed by atoms with E-state index in [9.17, 15) is 9.59 Å². The van der Waals surface area contributed by atoms with Gasteiger partial charge < -0.3 is 10.2 Å². The van der Waals surface area contributed by atoms with E-state index in [1.807, 2.05) is 24.3 Å². The highest BCUT2D eigenvalue weighted by molar-refractivity contribution is 7.99. The van der Waals surface area contributed by atoms with Crippen molar-refractivity contribution in [3.63, 3.8) is 0 Å². The fraction of sp³-hybridized carbons (Fsp3) is 0.500. The van der Waals surface area contributed by atoms with Gasteiger partial charge in [-0.2, -0.15) is 0 Å². The Morgan fingerprint density at radius 3 is 2.38 bits per heavy atom. The number of nitrogens with zero attached hydrogens (tertiary/aromatic N) is 1. The molecule has 1 heterocycles. The van der Waals surface area contributed by atoms with Crippen molar-refractivity contribution in [2.24, 2.45) is 5.92 Å². The van der Waals surface area contributed by atoms with Crippen LogP contribution >= 0.6 is 11.8 Å². The Kier molecular flexibility index (Phi) is 5.67. The number of rotatable bonds is 4. The van der Waals surface area contributed by atoms with E-state index >= 15 is 0 Å². The highest BCUT2D eigenvalue weighted by Gasteiger charge is 2.25. The van der Waals surface area contributed by atoms with Crippen LogP contribution in [0.25, 0.3) is 0 Å². The molecule has 0 aliphatic carbocycles. The molecule has 4 nitrogen and oxygen atoms in total. The topological polar surface area (TPSA) is 49.4 Å². The Morgan fingerprint density at radius 2 is 1.86 bits per heavy atom. The van der Waals surface area contributed by atoms with Crippen LogP contribution in [0, 0.1) is 5.92 Å². The van der Waals surface area contributed by atoms with Gasteiger partial charge in [0.15, 0.2) is 0 Å². The molecule has 0 saturated carbocycles. The molecule has 21 heavy (non-hydrogen) atoms. The van der Waals surface area contributed by atoms with Crippen molar-refractivity contribution in [1.82, 2.24) is 4.90 Å². The largest absolute Gasteiger partial charge is 0.343 e. The Balaban J connectivity index is 1.85. The maximum Gasteiger partial charge on any atom is 0.227 e. The van der Waals surface area contributed by atoms with E-state index < -0.39 is 0 Å². The van der Waals surface area contributed by atoms with Crippen molar-refractivity contribution in [3.8, 4) is 0 Å². The fourth-order valence-electron chi connectivity index (χ4n) is 2.50. The molecule has 0 atom stereocenters. The Bertz CT molecular complexity index is 494. The number of amides is 2. The van der Waals surface area contributed by atoms with Crippen LogP contribution in [0.1, 0.15) is 26.7 Å². The third-order valence-corrected chi connectivity index (χ3v) is 4.64. The smallest absolute Gasteiger partial charge is 0.227 e. The first-order chi connectivity index (χ1) is 10.1.